The first-order valence-corrected chi connectivity index (χ1v) is 13.0. The summed E-state index contributed by atoms with van der Waals surface area (Å²) in [6, 6.07) is 13.1. The Kier molecular flexibility index (Phi) is 7.47. The van der Waals surface area contributed by atoms with Crippen LogP contribution in [0.1, 0.15) is 23.5 Å². The van der Waals surface area contributed by atoms with Gasteiger partial charge in [0.2, 0.25) is 5.95 Å². The third kappa shape index (κ3) is 5.74. The first kappa shape index (κ1) is 25.6. The van der Waals surface area contributed by atoms with E-state index in [4.69, 9.17) is 4.74 Å². The molecule has 4 heterocycles. The molecule has 1 fully saturated rings. The minimum Gasteiger partial charge on any atom is -0.495 e. The van der Waals surface area contributed by atoms with Gasteiger partial charge in [0, 0.05) is 59.4 Å². The molecule has 4 aromatic rings. The molecule has 11 heteroatoms. The van der Waals surface area contributed by atoms with Gasteiger partial charge >= 0.3 is 0 Å². The molecule has 1 aromatic carbocycles. The number of nitrogens with zero attached hydrogens (tertiary/aromatic N) is 4. The highest BCUT2D eigenvalue weighted by atomic mass is 32.1. The van der Waals surface area contributed by atoms with E-state index in [-0.39, 0.29) is 23.8 Å². The number of nitrogens with one attached hydrogen (secondary N) is 3. The summed E-state index contributed by atoms with van der Waals surface area (Å²) in [5, 5.41) is 9.38. The Balaban J connectivity index is 1.27. The summed E-state index contributed by atoms with van der Waals surface area (Å²) in [6.45, 7) is 5.67. The average molecular weight is 534 g/mol. The van der Waals surface area contributed by atoms with Gasteiger partial charge in [-0.15, -0.1) is 11.3 Å². The van der Waals surface area contributed by atoms with Gasteiger partial charge < -0.3 is 25.6 Å². The molecule has 5 rings (SSSR count). The number of carbonyl (C=O) groups is 1. The van der Waals surface area contributed by atoms with E-state index in [1.807, 2.05) is 23.1 Å². The highest BCUT2D eigenvalue weighted by Gasteiger charge is 2.24. The number of aromatic nitrogens is 3. The first-order valence-electron chi connectivity index (χ1n) is 12.2. The fourth-order valence-corrected chi connectivity index (χ4v) is 5.40. The van der Waals surface area contributed by atoms with Crippen molar-refractivity contribution in [3.05, 3.63) is 71.7 Å². The molecular formula is C27H28FN7O2S. The van der Waals surface area contributed by atoms with Gasteiger partial charge in [-0.3, -0.25) is 9.78 Å². The summed E-state index contributed by atoms with van der Waals surface area (Å²) >= 11 is 1.33. The number of hydrogen-bond acceptors (Lipinski definition) is 9. The van der Waals surface area contributed by atoms with E-state index in [0.29, 0.717) is 27.9 Å². The molecule has 1 amide bonds. The van der Waals surface area contributed by atoms with Gasteiger partial charge in [0.15, 0.2) is 11.6 Å². The maximum atomic E-state index is 14.5. The minimum atomic E-state index is -0.545. The number of rotatable bonds is 7. The molecule has 0 bridgehead atoms. The van der Waals surface area contributed by atoms with Crippen molar-refractivity contribution in [1.29, 1.82) is 0 Å². The van der Waals surface area contributed by atoms with Crippen molar-refractivity contribution in [3.63, 3.8) is 0 Å². The summed E-state index contributed by atoms with van der Waals surface area (Å²) in [5.41, 5.74) is 2.12. The number of piperazine rings is 1. The number of methoxy groups -OCH3 is 1. The molecular weight excluding hydrogens is 505 g/mol. The fraction of sp³-hybridized carbons (Fsp3) is 0.259. The zero-order valence-electron chi connectivity index (χ0n) is 21.2. The lowest BCUT2D eigenvalue weighted by Crippen LogP contribution is -2.54. The van der Waals surface area contributed by atoms with Crippen LogP contribution in [-0.4, -0.2) is 53.1 Å². The molecule has 0 aliphatic carbocycles. The number of pyridine rings is 1. The number of amides is 1. The SMILES string of the molecule is COc1cc(-c2cccnc2)sc1C(=O)Nc1ccc(Nc2nc(N3C[C@@H](C)N[C@@H](C)C3)ncc2F)cc1. The predicted molar refractivity (Wildman–Crippen MR) is 148 cm³/mol. The van der Waals surface area contributed by atoms with Crippen molar-refractivity contribution < 1.29 is 13.9 Å². The number of thiophene rings is 1. The first-order chi connectivity index (χ1) is 18.4. The number of hydrogen-bond donors (Lipinski definition) is 3. The summed E-state index contributed by atoms with van der Waals surface area (Å²) in [5.74, 6) is 0.239. The molecule has 1 saturated heterocycles. The number of carbonyl (C=O) groups excluding carboxylic acids is 1. The minimum absolute atomic E-state index is 0.0943. The fourth-order valence-electron chi connectivity index (χ4n) is 4.38. The average Bonchev–Trinajstić information content (AvgIpc) is 3.36. The topological polar surface area (TPSA) is 104 Å². The third-order valence-corrected chi connectivity index (χ3v) is 7.21. The lowest BCUT2D eigenvalue weighted by Gasteiger charge is -2.36. The Morgan fingerprint density at radius 1 is 1.13 bits per heavy atom. The van der Waals surface area contributed by atoms with Gasteiger partial charge in [0.05, 0.1) is 13.3 Å². The zero-order valence-corrected chi connectivity index (χ0v) is 22.1. The monoisotopic (exact) mass is 533 g/mol. The summed E-state index contributed by atoms with van der Waals surface area (Å²) < 4.78 is 20.0. The van der Waals surface area contributed by atoms with Gasteiger partial charge in [-0.1, -0.05) is 6.07 Å². The maximum absolute atomic E-state index is 14.5. The van der Waals surface area contributed by atoms with Crippen LogP contribution in [0.25, 0.3) is 10.4 Å². The van der Waals surface area contributed by atoms with Crippen LogP contribution in [0.2, 0.25) is 0 Å². The number of benzene rings is 1. The molecule has 3 aromatic heterocycles. The highest BCUT2D eigenvalue weighted by Crippen LogP contribution is 2.36. The van der Waals surface area contributed by atoms with Crippen LogP contribution in [-0.2, 0) is 0 Å². The van der Waals surface area contributed by atoms with Gasteiger partial charge in [0.25, 0.3) is 5.91 Å². The van der Waals surface area contributed by atoms with Crippen molar-refractivity contribution in [2.24, 2.45) is 0 Å². The van der Waals surface area contributed by atoms with Crippen molar-refractivity contribution >= 4 is 40.4 Å². The van der Waals surface area contributed by atoms with Crippen LogP contribution >= 0.6 is 11.3 Å². The molecule has 9 nitrogen and oxygen atoms in total. The molecule has 196 valence electrons. The van der Waals surface area contributed by atoms with E-state index in [1.54, 1.807) is 36.7 Å². The van der Waals surface area contributed by atoms with Crippen molar-refractivity contribution in [1.82, 2.24) is 20.3 Å². The Bertz CT molecular complexity index is 1400. The normalized spacial score (nSPS) is 17.2. The van der Waals surface area contributed by atoms with Crippen molar-refractivity contribution in [2.75, 3.05) is 35.7 Å². The van der Waals surface area contributed by atoms with E-state index >= 15 is 0 Å². The molecule has 0 unspecified atom stereocenters. The second-order valence-corrected chi connectivity index (χ2v) is 10.2. The zero-order chi connectivity index (χ0) is 26.6. The summed E-state index contributed by atoms with van der Waals surface area (Å²) in [6.07, 6.45) is 4.63. The van der Waals surface area contributed by atoms with Gasteiger partial charge in [-0.2, -0.15) is 4.98 Å². The van der Waals surface area contributed by atoms with Crippen LogP contribution in [0, 0.1) is 5.82 Å². The van der Waals surface area contributed by atoms with Gasteiger partial charge in [-0.25, -0.2) is 9.37 Å². The quantitative estimate of drug-likeness (QED) is 0.307. The van der Waals surface area contributed by atoms with Crippen LogP contribution in [0.4, 0.5) is 27.5 Å². The molecule has 0 spiro atoms. The standard InChI is InChI=1S/C27H28FN7O2S/c1-16-14-35(15-17(2)31-16)27-30-13-21(28)25(34-27)32-19-6-8-20(9-7-19)33-26(36)24-22(37-3)11-23(38-24)18-5-4-10-29-12-18/h4-13,16-17,31H,14-15H2,1-3H3,(H,33,36)(H,30,32,34)/t16-,17+. The number of ether oxygens (including phenoxy) is 1. The second-order valence-electron chi connectivity index (χ2n) is 9.15. The van der Waals surface area contributed by atoms with E-state index in [9.17, 15) is 9.18 Å². The van der Waals surface area contributed by atoms with Crippen LogP contribution in [0.5, 0.6) is 5.75 Å². The van der Waals surface area contributed by atoms with Gasteiger partial charge in [-0.05, 0) is 50.2 Å². The number of anilines is 4. The summed E-state index contributed by atoms with van der Waals surface area (Å²) in [7, 11) is 1.54. The van der Waals surface area contributed by atoms with Gasteiger partial charge in [0.1, 0.15) is 10.6 Å². The Morgan fingerprint density at radius 2 is 1.87 bits per heavy atom. The second kappa shape index (κ2) is 11.1. The Morgan fingerprint density at radius 3 is 2.55 bits per heavy atom. The van der Waals surface area contributed by atoms with E-state index in [0.717, 1.165) is 23.5 Å². The van der Waals surface area contributed by atoms with Crippen molar-refractivity contribution in [3.8, 4) is 16.2 Å². The Labute approximate surface area is 224 Å². The highest BCUT2D eigenvalue weighted by molar-refractivity contribution is 7.17. The molecule has 0 saturated carbocycles. The predicted octanol–water partition coefficient (Wildman–Crippen LogP) is 4.93. The van der Waals surface area contributed by atoms with Crippen LogP contribution in [0.3, 0.4) is 0 Å². The molecule has 1 aliphatic rings. The third-order valence-electron chi connectivity index (χ3n) is 6.05. The molecule has 3 N–H and O–H groups in total. The smallest absolute Gasteiger partial charge is 0.269 e. The molecule has 2 atom stereocenters. The largest absolute Gasteiger partial charge is 0.495 e. The Hall–Kier alpha value is -4.09. The summed E-state index contributed by atoms with van der Waals surface area (Å²) in [4.78, 5) is 29.2. The van der Waals surface area contributed by atoms with E-state index in [1.165, 1.54) is 24.6 Å². The van der Waals surface area contributed by atoms with E-state index < -0.39 is 5.82 Å². The molecule has 1 aliphatic heterocycles. The van der Waals surface area contributed by atoms with E-state index in [2.05, 4.69) is 44.7 Å². The van der Waals surface area contributed by atoms with Crippen LogP contribution < -0.4 is 25.6 Å². The lowest BCUT2D eigenvalue weighted by molar-refractivity contribution is 0.102. The molecule has 38 heavy (non-hydrogen) atoms. The maximum Gasteiger partial charge on any atom is 0.269 e. The van der Waals surface area contributed by atoms with Crippen LogP contribution in [0.15, 0.2) is 61.1 Å². The molecule has 0 radical (unpaired) electrons. The lowest BCUT2D eigenvalue weighted by atomic mass is 10.1. The van der Waals surface area contributed by atoms with Crippen molar-refractivity contribution in [2.45, 2.75) is 25.9 Å². The number of halogens is 1.